The lowest BCUT2D eigenvalue weighted by atomic mass is 9.96. The summed E-state index contributed by atoms with van der Waals surface area (Å²) in [5, 5.41) is 9.47. The quantitative estimate of drug-likeness (QED) is 0.235. The van der Waals surface area contributed by atoms with Crippen LogP contribution in [-0.2, 0) is 25.9 Å². The third-order valence-corrected chi connectivity index (χ3v) is 11.8. The Hall–Kier alpha value is -2.42. The van der Waals surface area contributed by atoms with E-state index in [1.165, 1.54) is 0 Å². The Morgan fingerprint density at radius 3 is 2.71 bits per heavy atom. The minimum Gasteiger partial charge on any atom is -0.377 e. The SMILES string of the molecule is C[C@@H]1COCCN1c1cc(N=S(C)(=O)C2CCC(F)(F)CC2)c2cnn(-c3ccn(COCC[Si](C)(C)C)n3)c2n1. The van der Waals surface area contributed by atoms with Crippen LogP contribution in [0.2, 0.25) is 25.7 Å². The zero-order chi connectivity index (χ0) is 29.4. The molecule has 1 saturated heterocycles. The number of pyridine rings is 1. The molecule has 0 N–H and O–H groups in total. The lowest BCUT2D eigenvalue weighted by molar-refractivity contribution is -0.0326. The van der Waals surface area contributed by atoms with Gasteiger partial charge in [-0.25, -0.2) is 22.7 Å². The summed E-state index contributed by atoms with van der Waals surface area (Å²) in [6.07, 6.45) is 4.93. The van der Waals surface area contributed by atoms with Gasteiger partial charge in [0.25, 0.3) is 0 Å². The van der Waals surface area contributed by atoms with Crippen LogP contribution in [0.3, 0.4) is 0 Å². The number of rotatable bonds is 9. The highest BCUT2D eigenvalue weighted by Crippen LogP contribution is 2.38. The summed E-state index contributed by atoms with van der Waals surface area (Å²) in [5.41, 5.74) is 1.03. The number of nitrogens with zero attached hydrogens (tertiary/aromatic N) is 7. The maximum Gasteiger partial charge on any atom is 0.248 e. The average molecular weight is 610 g/mol. The van der Waals surface area contributed by atoms with Crippen molar-refractivity contribution in [3.8, 4) is 5.82 Å². The Labute approximate surface area is 241 Å². The van der Waals surface area contributed by atoms with Crippen LogP contribution in [0.5, 0.6) is 0 Å². The molecule has 0 aromatic carbocycles. The van der Waals surface area contributed by atoms with Gasteiger partial charge >= 0.3 is 0 Å². The molecule has 1 aliphatic carbocycles. The number of aromatic nitrogens is 5. The zero-order valence-electron chi connectivity index (χ0n) is 24.6. The van der Waals surface area contributed by atoms with E-state index in [1.54, 1.807) is 21.8 Å². The average Bonchev–Trinajstić information content (AvgIpc) is 3.53. The summed E-state index contributed by atoms with van der Waals surface area (Å²) in [6.45, 7) is 11.8. The van der Waals surface area contributed by atoms with Crippen molar-refractivity contribution in [2.24, 2.45) is 4.36 Å². The summed E-state index contributed by atoms with van der Waals surface area (Å²) >= 11 is 0. The predicted molar refractivity (Wildman–Crippen MR) is 160 cm³/mol. The smallest absolute Gasteiger partial charge is 0.248 e. The molecule has 0 bridgehead atoms. The molecule has 0 radical (unpaired) electrons. The highest BCUT2D eigenvalue weighted by Gasteiger charge is 2.38. The summed E-state index contributed by atoms with van der Waals surface area (Å²) in [6, 6.07) is 4.84. The lowest BCUT2D eigenvalue weighted by Gasteiger charge is -2.34. The van der Waals surface area contributed by atoms with E-state index in [0.717, 1.165) is 6.04 Å². The first kappa shape index (κ1) is 30.0. The molecule has 3 aromatic heterocycles. The third-order valence-electron chi connectivity index (χ3n) is 7.79. The van der Waals surface area contributed by atoms with Crippen LogP contribution in [0.15, 0.2) is 28.9 Å². The summed E-state index contributed by atoms with van der Waals surface area (Å²) in [4.78, 5) is 7.10. The summed E-state index contributed by atoms with van der Waals surface area (Å²) in [5.74, 6) is -1.45. The van der Waals surface area contributed by atoms with Crippen LogP contribution in [0.1, 0.15) is 32.6 Å². The monoisotopic (exact) mass is 609 g/mol. The molecule has 2 fully saturated rings. The molecular formula is C27H41F2N7O3SSi. The van der Waals surface area contributed by atoms with Gasteiger partial charge in [0.15, 0.2) is 11.5 Å². The van der Waals surface area contributed by atoms with Crippen molar-refractivity contribution in [2.75, 3.05) is 37.5 Å². The van der Waals surface area contributed by atoms with Gasteiger partial charge in [-0.3, -0.25) is 0 Å². The van der Waals surface area contributed by atoms with E-state index >= 15 is 0 Å². The Kier molecular flexibility index (Phi) is 8.57. The van der Waals surface area contributed by atoms with Crippen LogP contribution in [-0.4, -0.2) is 86.7 Å². The van der Waals surface area contributed by atoms with Crippen molar-refractivity contribution in [3.05, 3.63) is 24.5 Å². The minimum absolute atomic E-state index is 0.0806. The fourth-order valence-electron chi connectivity index (χ4n) is 5.22. The number of ether oxygens (including phenoxy) is 2. The molecule has 0 amide bonds. The van der Waals surface area contributed by atoms with Crippen LogP contribution < -0.4 is 4.90 Å². The van der Waals surface area contributed by atoms with Gasteiger partial charge in [0.1, 0.15) is 12.5 Å². The third kappa shape index (κ3) is 7.15. The van der Waals surface area contributed by atoms with Crippen molar-refractivity contribution < 1.29 is 22.5 Å². The van der Waals surface area contributed by atoms with Crippen molar-refractivity contribution in [1.82, 2.24) is 24.5 Å². The van der Waals surface area contributed by atoms with Crippen molar-refractivity contribution >= 4 is 40.3 Å². The second-order valence-electron chi connectivity index (χ2n) is 12.5. The van der Waals surface area contributed by atoms with Gasteiger partial charge in [0, 0.05) is 63.9 Å². The second-order valence-corrected chi connectivity index (χ2v) is 20.7. The van der Waals surface area contributed by atoms with Crippen molar-refractivity contribution in [3.63, 3.8) is 0 Å². The first-order valence-corrected chi connectivity index (χ1v) is 19.9. The van der Waals surface area contributed by atoms with Gasteiger partial charge in [-0.1, -0.05) is 19.6 Å². The molecule has 1 aliphatic heterocycles. The minimum atomic E-state index is -2.81. The van der Waals surface area contributed by atoms with E-state index in [0.29, 0.717) is 61.5 Å². The van der Waals surface area contributed by atoms with E-state index in [2.05, 4.69) is 41.7 Å². The Morgan fingerprint density at radius 1 is 1.24 bits per heavy atom. The van der Waals surface area contributed by atoms with Gasteiger partial charge < -0.3 is 14.4 Å². The van der Waals surface area contributed by atoms with Gasteiger partial charge in [-0.15, -0.1) is 0 Å². The number of anilines is 1. The molecule has 226 valence electrons. The van der Waals surface area contributed by atoms with E-state index in [4.69, 9.17) is 18.8 Å². The molecule has 1 unspecified atom stereocenters. The van der Waals surface area contributed by atoms with E-state index in [-0.39, 0.29) is 31.7 Å². The lowest BCUT2D eigenvalue weighted by Crippen LogP contribution is -2.44. The zero-order valence-corrected chi connectivity index (χ0v) is 26.4. The van der Waals surface area contributed by atoms with Crippen LogP contribution in [0.25, 0.3) is 16.9 Å². The number of halogens is 2. The van der Waals surface area contributed by atoms with Gasteiger partial charge in [0.2, 0.25) is 5.92 Å². The highest BCUT2D eigenvalue weighted by atomic mass is 32.2. The number of fused-ring (bicyclic) bond motifs is 1. The van der Waals surface area contributed by atoms with Crippen molar-refractivity contribution in [2.45, 2.75) is 82.2 Å². The topological polar surface area (TPSA) is 99.7 Å². The van der Waals surface area contributed by atoms with E-state index in [9.17, 15) is 13.0 Å². The highest BCUT2D eigenvalue weighted by molar-refractivity contribution is 7.93. The number of alkyl halides is 2. The predicted octanol–water partition coefficient (Wildman–Crippen LogP) is 5.46. The molecule has 2 aliphatic rings. The molecule has 41 heavy (non-hydrogen) atoms. The fourth-order valence-corrected chi connectivity index (χ4v) is 7.78. The van der Waals surface area contributed by atoms with Gasteiger partial charge in [-0.05, 0) is 25.8 Å². The summed E-state index contributed by atoms with van der Waals surface area (Å²) in [7, 11) is -3.99. The maximum absolute atomic E-state index is 13.9. The van der Waals surface area contributed by atoms with E-state index in [1.807, 2.05) is 18.3 Å². The van der Waals surface area contributed by atoms with Crippen LogP contribution >= 0.6 is 0 Å². The molecule has 3 aromatic rings. The molecular weight excluding hydrogens is 568 g/mol. The molecule has 2 atom stereocenters. The second kappa shape index (κ2) is 11.7. The molecule has 1 saturated carbocycles. The van der Waals surface area contributed by atoms with E-state index < -0.39 is 29.0 Å². The molecule has 5 rings (SSSR count). The van der Waals surface area contributed by atoms with Crippen molar-refractivity contribution in [1.29, 1.82) is 0 Å². The van der Waals surface area contributed by atoms with Gasteiger partial charge in [0.05, 0.1) is 46.3 Å². The summed E-state index contributed by atoms with van der Waals surface area (Å²) < 4.78 is 61.1. The first-order valence-electron chi connectivity index (χ1n) is 14.2. The largest absolute Gasteiger partial charge is 0.377 e. The Morgan fingerprint density at radius 2 is 2.00 bits per heavy atom. The molecule has 0 spiro atoms. The maximum atomic E-state index is 13.9. The Bertz CT molecular complexity index is 1490. The van der Waals surface area contributed by atoms with Crippen LogP contribution in [0.4, 0.5) is 20.3 Å². The van der Waals surface area contributed by atoms with Gasteiger partial charge in [-0.2, -0.15) is 19.2 Å². The standard InChI is InChI=1S/C27H41F2N7O3SSi/c1-20-18-38-13-12-35(20)25-16-23(33-40(2,37)21-6-9-27(28,29)10-7-21)22-17-30-36(26(22)31-25)24-8-11-34(32-24)19-39-14-15-41(3,4)5/h8,11,16-17,20-21H,6-7,9-10,12-15,18-19H2,1-5H3/t20-,40?/m1/s1. The molecule has 10 nitrogen and oxygen atoms in total. The number of hydrogen-bond donors (Lipinski definition) is 0. The molecule has 4 heterocycles. The Balaban J connectivity index is 1.50. The number of morpholine rings is 1. The normalized spacial score (nSPS) is 21.7. The van der Waals surface area contributed by atoms with Crippen LogP contribution in [0, 0.1) is 0 Å². The first-order chi connectivity index (χ1) is 19.3. The number of hydrogen-bond acceptors (Lipinski definition) is 8. The molecule has 14 heteroatoms. The fraction of sp³-hybridized carbons (Fsp3) is 0.667.